The number of nitro benzene ring substituents is 1. The van der Waals surface area contributed by atoms with Crippen LogP contribution in [0.5, 0.6) is 5.75 Å². The standard InChI is InChI=1S/C24H31N3O4/c1-23(2,3)18-13-16(14-19(22(18)29)24(4,5)6)11-12-21(28)26-25-15-17-9-7-8-10-20(17)27(30)31/h7-10,13-15,29H,11-12H2,1-6H3,(H,26,28)/b25-15-. The summed E-state index contributed by atoms with van der Waals surface area (Å²) >= 11 is 0. The molecule has 0 aliphatic carbocycles. The molecule has 2 aromatic rings. The van der Waals surface area contributed by atoms with Crippen molar-refractivity contribution in [3.8, 4) is 5.75 Å². The van der Waals surface area contributed by atoms with Gasteiger partial charge in [-0.15, -0.1) is 0 Å². The molecule has 0 spiro atoms. The maximum atomic E-state index is 12.2. The molecule has 0 aliphatic heterocycles. The van der Waals surface area contributed by atoms with Crippen molar-refractivity contribution in [3.63, 3.8) is 0 Å². The number of carbonyl (C=O) groups is 1. The van der Waals surface area contributed by atoms with E-state index in [1.54, 1.807) is 18.2 Å². The number of nitrogens with one attached hydrogen (secondary N) is 1. The van der Waals surface area contributed by atoms with E-state index in [4.69, 9.17) is 0 Å². The van der Waals surface area contributed by atoms with Crippen LogP contribution in [0, 0.1) is 10.1 Å². The van der Waals surface area contributed by atoms with Crippen LogP contribution in [-0.4, -0.2) is 22.2 Å². The number of hydrogen-bond donors (Lipinski definition) is 2. The zero-order valence-electron chi connectivity index (χ0n) is 19.0. The molecule has 0 fully saturated rings. The molecule has 0 saturated carbocycles. The molecule has 0 heterocycles. The third-order valence-electron chi connectivity index (χ3n) is 4.95. The molecule has 0 aliphatic rings. The molecular weight excluding hydrogens is 394 g/mol. The Labute approximate surface area is 183 Å². The van der Waals surface area contributed by atoms with Gasteiger partial charge in [0.05, 0.1) is 16.7 Å². The van der Waals surface area contributed by atoms with Gasteiger partial charge in [-0.05, 0) is 40.0 Å². The van der Waals surface area contributed by atoms with Crippen LogP contribution in [0.2, 0.25) is 0 Å². The first-order valence-corrected chi connectivity index (χ1v) is 10.2. The quantitative estimate of drug-likeness (QED) is 0.387. The summed E-state index contributed by atoms with van der Waals surface area (Å²) in [7, 11) is 0. The first-order valence-electron chi connectivity index (χ1n) is 10.2. The second-order valence-corrected chi connectivity index (χ2v) is 9.65. The minimum Gasteiger partial charge on any atom is -0.507 e. The van der Waals surface area contributed by atoms with Gasteiger partial charge in [0.1, 0.15) is 5.75 Å². The zero-order chi connectivity index (χ0) is 23.4. The number of para-hydroxylation sites is 1. The predicted molar refractivity (Wildman–Crippen MR) is 123 cm³/mol. The average molecular weight is 426 g/mol. The summed E-state index contributed by atoms with van der Waals surface area (Å²) < 4.78 is 0. The molecule has 0 atom stereocenters. The largest absolute Gasteiger partial charge is 0.507 e. The van der Waals surface area contributed by atoms with Crippen LogP contribution in [0.4, 0.5) is 5.69 Å². The van der Waals surface area contributed by atoms with Crippen molar-refractivity contribution in [2.45, 2.75) is 65.2 Å². The number of carbonyl (C=O) groups excluding carboxylic acids is 1. The third-order valence-corrected chi connectivity index (χ3v) is 4.95. The summed E-state index contributed by atoms with van der Waals surface area (Å²) in [5, 5.41) is 25.7. The highest BCUT2D eigenvalue weighted by Crippen LogP contribution is 2.39. The van der Waals surface area contributed by atoms with Gasteiger partial charge in [-0.2, -0.15) is 5.10 Å². The topological polar surface area (TPSA) is 105 Å². The van der Waals surface area contributed by atoms with Crippen LogP contribution >= 0.6 is 0 Å². The fourth-order valence-corrected chi connectivity index (χ4v) is 3.23. The van der Waals surface area contributed by atoms with E-state index in [-0.39, 0.29) is 28.8 Å². The van der Waals surface area contributed by atoms with E-state index >= 15 is 0 Å². The summed E-state index contributed by atoms with van der Waals surface area (Å²) in [5.74, 6) is 0.0137. The lowest BCUT2D eigenvalue weighted by atomic mass is 9.78. The molecule has 0 aromatic heterocycles. The van der Waals surface area contributed by atoms with Gasteiger partial charge in [0.25, 0.3) is 5.69 Å². The van der Waals surface area contributed by atoms with E-state index in [1.165, 1.54) is 12.3 Å². The molecule has 7 heteroatoms. The number of nitrogens with zero attached hydrogens (tertiary/aromatic N) is 2. The number of phenols is 1. The van der Waals surface area contributed by atoms with Gasteiger partial charge in [0, 0.05) is 12.5 Å². The molecule has 166 valence electrons. The normalized spacial score (nSPS) is 12.2. The second kappa shape index (κ2) is 9.29. The van der Waals surface area contributed by atoms with Gasteiger partial charge in [0.2, 0.25) is 5.91 Å². The van der Waals surface area contributed by atoms with Gasteiger partial charge in [-0.1, -0.05) is 65.8 Å². The number of hydrazone groups is 1. The molecule has 7 nitrogen and oxygen atoms in total. The summed E-state index contributed by atoms with van der Waals surface area (Å²) in [4.78, 5) is 22.8. The molecule has 0 radical (unpaired) electrons. The van der Waals surface area contributed by atoms with E-state index in [1.807, 2.05) is 53.7 Å². The minimum absolute atomic E-state index is 0.0750. The Bertz CT molecular complexity index is 964. The van der Waals surface area contributed by atoms with E-state index in [0.29, 0.717) is 17.7 Å². The van der Waals surface area contributed by atoms with Crippen LogP contribution in [-0.2, 0) is 22.0 Å². The Kier molecular flexibility index (Phi) is 7.21. The Hall–Kier alpha value is -3.22. The van der Waals surface area contributed by atoms with Gasteiger partial charge in [-0.3, -0.25) is 14.9 Å². The van der Waals surface area contributed by atoms with Crippen LogP contribution in [0.3, 0.4) is 0 Å². The highest BCUT2D eigenvalue weighted by Gasteiger charge is 2.26. The number of amides is 1. The van der Waals surface area contributed by atoms with E-state index in [0.717, 1.165) is 16.7 Å². The fraction of sp³-hybridized carbons (Fsp3) is 0.417. The maximum absolute atomic E-state index is 12.2. The average Bonchev–Trinajstić information content (AvgIpc) is 2.65. The number of aryl methyl sites for hydroxylation is 1. The number of benzene rings is 2. The molecule has 2 rings (SSSR count). The first-order chi connectivity index (χ1) is 14.3. The number of phenolic OH excluding ortho intramolecular Hbond substituents is 1. The number of aromatic hydroxyl groups is 1. The molecule has 1 amide bonds. The highest BCUT2D eigenvalue weighted by atomic mass is 16.6. The molecule has 0 bridgehead atoms. The van der Waals surface area contributed by atoms with Crippen LogP contribution < -0.4 is 5.43 Å². The van der Waals surface area contributed by atoms with Crippen molar-refractivity contribution in [2.75, 3.05) is 0 Å². The van der Waals surface area contributed by atoms with Crippen molar-refractivity contribution in [1.82, 2.24) is 5.43 Å². The number of rotatable bonds is 6. The number of hydrogen-bond acceptors (Lipinski definition) is 5. The third kappa shape index (κ3) is 6.38. The van der Waals surface area contributed by atoms with Crippen LogP contribution in [0.1, 0.15) is 70.2 Å². The predicted octanol–water partition coefficient (Wildman–Crippen LogP) is 4.98. The van der Waals surface area contributed by atoms with Gasteiger partial charge in [-0.25, -0.2) is 5.43 Å². The summed E-state index contributed by atoms with van der Waals surface area (Å²) in [5.41, 5.74) is 4.86. The molecular formula is C24H31N3O4. The first kappa shape index (κ1) is 24.1. The summed E-state index contributed by atoms with van der Waals surface area (Å²) in [6.07, 6.45) is 1.96. The number of nitro groups is 1. The van der Waals surface area contributed by atoms with Gasteiger partial charge < -0.3 is 5.11 Å². The van der Waals surface area contributed by atoms with Crippen molar-refractivity contribution in [2.24, 2.45) is 5.10 Å². The Morgan fingerprint density at radius 3 is 2.16 bits per heavy atom. The van der Waals surface area contributed by atoms with Crippen LogP contribution in [0.25, 0.3) is 0 Å². The maximum Gasteiger partial charge on any atom is 0.278 e. The SMILES string of the molecule is CC(C)(C)c1cc(CCC(=O)N/N=C\c2ccccc2[N+](=O)[O-])cc(C(C)(C)C)c1O. The lowest BCUT2D eigenvalue weighted by Crippen LogP contribution is -2.20. The molecule has 2 aromatic carbocycles. The van der Waals surface area contributed by atoms with Crippen LogP contribution in [0.15, 0.2) is 41.5 Å². The van der Waals surface area contributed by atoms with E-state index < -0.39 is 4.92 Å². The van der Waals surface area contributed by atoms with Crippen molar-refractivity contribution >= 4 is 17.8 Å². The molecule has 0 unspecified atom stereocenters. The smallest absolute Gasteiger partial charge is 0.278 e. The summed E-state index contributed by atoms with van der Waals surface area (Å²) in [6.45, 7) is 12.3. The highest BCUT2D eigenvalue weighted by molar-refractivity contribution is 5.86. The lowest BCUT2D eigenvalue weighted by Gasteiger charge is -2.28. The minimum atomic E-state index is -0.492. The zero-order valence-corrected chi connectivity index (χ0v) is 19.0. The second-order valence-electron chi connectivity index (χ2n) is 9.65. The van der Waals surface area contributed by atoms with E-state index in [2.05, 4.69) is 10.5 Å². The summed E-state index contributed by atoms with van der Waals surface area (Å²) in [6, 6.07) is 10.1. The molecule has 2 N–H and O–H groups in total. The van der Waals surface area contributed by atoms with Crippen molar-refractivity contribution < 1.29 is 14.8 Å². The lowest BCUT2D eigenvalue weighted by molar-refractivity contribution is -0.385. The molecule has 31 heavy (non-hydrogen) atoms. The monoisotopic (exact) mass is 425 g/mol. The van der Waals surface area contributed by atoms with Gasteiger partial charge >= 0.3 is 0 Å². The fourth-order valence-electron chi connectivity index (χ4n) is 3.23. The van der Waals surface area contributed by atoms with E-state index in [9.17, 15) is 20.0 Å². The Morgan fingerprint density at radius 1 is 1.10 bits per heavy atom. The van der Waals surface area contributed by atoms with Gasteiger partial charge in [0.15, 0.2) is 0 Å². The Morgan fingerprint density at radius 2 is 1.65 bits per heavy atom. The van der Waals surface area contributed by atoms with Crippen molar-refractivity contribution in [1.29, 1.82) is 0 Å². The molecule has 0 saturated heterocycles. The Balaban J connectivity index is 2.12. The van der Waals surface area contributed by atoms with Crippen molar-refractivity contribution in [3.05, 3.63) is 68.8 Å².